The zero-order valence-corrected chi connectivity index (χ0v) is 12.2. The minimum Gasteiger partial charge on any atom is -0.362 e. The fourth-order valence-corrected chi connectivity index (χ4v) is 1.78. The molecule has 0 aromatic carbocycles. The summed E-state index contributed by atoms with van der Waals surface area (Å²) in [5, 5.41) is 2.88. The van der Waals surface area contributed by atoms with Crippen molar-refractivity contribution in [3.63, 3.8) is 0 Å². The Kier molecular flexibility index (Phi) is 5.76. The van der Waals surface area contributed by atoms with Crippen LogP contribution in [0.25, 0.3) is 0 Å². The predicted molar refractivity (Wildman–Crippen MR) is 77.8 cm³/mol. The second-order valence-corrected chi connectivity index (χ2v) is 5.01. The van der Waals surface area contributed by atoms with E-state index in [1.54, 1.807) is 6.20 Å². The van der Waals surface area contributed by atoms with Crippen molar-refractivity contribution in [1.82, 2.24) is 10.3 Å². The second kappa shape index (κ2) is 7.09. The highest BCUT2D eigenvalue weighted by Crippen LogP contribution is 2.14. The van der Waals surface area contributed by atoms with Crippen molar-refractivity contribution in [3.05, 3.63) is 23.9 Å². The summed E-state index contributed by atoms with van der Waals surface area (Å²) >= 11 is 0. The molecule has 0 spiro atoms. The summed E-state index contributed by atoms with van der Waals surface area (Å²) in [6.45, 7) is 4.47. The van der Waals surface area contributed by atoms with Gasteiger partial charge in [-0.3, -0.25) is 4.79 Å². The molecular weight excluding hydrogens is 240 g/mol. The van der Waals surface area contributed by atoms with Crippen LogP contribution in [0, 0.1) is 5.92 Å². The van der Waals surface area contributed by atoms with Crippen LogP contribution in [0.15, 0.2) is 18.3 Å². The van der Waals surface area contributed by atoms with Crippen molar-refractivity contribution in [2.24, 2.45) is 11.7 Å². The number of anilines is 1. The lowest BCUT2D eigenvalue weighted by molar-refractivity contribution is -0.123. The van der Waals surface area contributed by atoms with Crippen molar-refractivity contribution in [2.75, 3.05) is 19.0 Å². The molecule has 0 aliphatic carbocycles. The predicted octanol–water partition coefficient (Wildman–Crippen LogP) is 1.14. The van der Waals surface area contributed by atoms with Gasteiger partial charge >= 0.3 is 0 Å². The van der Waals surface area contributed by atoms with Gasteiger partial charge in [0.05, 0.1) is 6.04 Å². The molecule has 3 N–H and O–H groups in total. The standard InChI is InChI=1S/C14H24N4O/c1-5-10(2)12(15)14(19)17-9-11-7-6-8-16-13(11)18(3)4/h6-8,10,12H,5,9,15H2,1-4H3,(H,17,19). The van der Waals surface area contributed by atoms with Gasteiger partial charge in [0.2, 0.25) is 5.91 Å². The first-order valence-electron chi connectivity index (χ1n) is 6.61. The molecule has 5 heteroatoms. The van der Waals surface area contributed by atoms with Gasteiger partial charge in [0.15, 0.2) is 0 Å². The lowest BCUT2D eigenvalue weighted by Crippen LogP contribution is -2.44. The Balaban J connectivity index is 2.65. The maximum atomic E-state index is 11.9. The number of hydrogen-bond acceptors (Lipinski definition) is 4. The number of nitrogens with zero attached hydrogens (tertiary/aromatic N) is 2. The topological polar surface area (TPSA) is 71.2 Å². The first kappa shape index (κ1) is 15.4. The van der Waals surface area contributed by atoms with Gasteiger partial charge in [0.25, 0.3) is 0 Å². The van der Waals surface area contributed by atoms with Gasteiger partial charge in [0.1, 0.15) is 5.82 Å². The summed E-state index contributed by atoms with van der Waals surface area (Å²) in [6, 6.07) is 3.37. The average Bonchev–Trinajstić information content (AvgIpc) is 2.43. The number of hydrogen-bond donors (Lipinski definition) is 2. The highest BCUT2D eigenvalue weighted by atomic mass is 16.2. The number of nitrogens with one attached hydrogen (secondary N) is 1. The number of amides is 1. The first-order valence-corrected chi connectivity index (χ1v) is 6.61. The van der Waals surface area contributed by atoms with Gasteiger partial charge in [-0.15, -0.1) is 0 Å². The summed E-state index contributed by atoms with van der Waals surface area (Å²) < 4.78 is 0. The molecule has 1 aromatic heterocycles. The van der Waals surface area contributed by atoms with E-state index in [-0.39, 0.29) is 11.8 Å². The highest BCUT2D eigenvalue weighted by molar-refractivity contribution is 5.81. The summed E-state index contributed by atoms with van der Waals surface area (Å²) in [5.41, 5.74) is 6.88. The SMILES string of the molecule is CCC(C)C(N)C(=O)NCc1cccnc1N(C)C. The van der Waals surface area contributed by atoms with Gasteiger partial charge in [-0.25, -0.2) is 4.98 Å². The molecule has 0 aliphatic heterocycles. The Bertz CT molecular complexity index is 420. The molecule has 0 aliphatic rings. The molecule has 0 bridgehead atoms. The van der Waals surface area contributed by atoms with Crippen LogP contribution in [0.3, 0.4) is 0 Å². The van der Waals surface area contributed by atoms with E-state index < -0.39 is 6.04 Å². The van der Waals surface area contributed by atoms with E-state index in [2.05, 4.69) is 10.3 Å². The Labute approximate surface area is 115 Å². The molecule has 5 nitrogen and oxygen atoms in total. The third kappa shape index (κ3) is 4.21. The van der Waals surface area contributed by atoms with Crippen LogP contribution in [0.2, 0.25) is 0 Å². The Morgan fingerprint density at radius 1 is 1.53 bits per heavy atom. The normalized spacial score (nSPS) is 13.7. The molecule has 1 heterocycles. The van der Waals surface area contributed by atoms with Gasteiger partial charge < -0.3 is 16.0 Å². The Morgan fingerprint density at radius 3 is 2.79 bits per heavy atom. The monoisotopic (exact) mass is 264 g/mol. The summed E-state index contributed by atoms with van der Waals surface area (Å²) in [7, 11) is 3.86. The number of carbonyl (C=O) groups excluding carboxylic acids is 1. The van der Waals surface area contributed by atoms with E-state index in [0.717, 1.165) is 17.8 Å². The number of pyridine rings is 1. The first-order chi connectivity index (χ1) is 8.97. The van der Waals surface area contributed by atoms with E-state index in [9.17, 15) is 4.79 Å². The lowest BCUT2D eigenvalue weighted by Gasteiger charge is -2.19. The smallest absolute Gasteiger partial charge is 0.237 e. The van der Waals surface area contributed by atoms with E-state index >= 15 is 0 Å². The van der Waals surface area contributed by atoms with Crippen molar-refractivity contribution in [1.29, 1.82) is 0 Å². The highest BCUT2D eigenvalue weighted by Gasteiger charge is 2.19. The molecular formula is C14H24N4O. The van der Waals surface area contributed by atoms with Gasteiger partial charge in [0, 0.05) is 32.4 Å². The number of nitrogens with two attached hydrogens (primary N) is 1. The van der Waals surface area contributed by atoms with E-state index in [0.29, 0.717) is 6.54 Å². The molecule has 19 heavy (non-hydrogen) atoms. The maximum Gasteiger partial charge on any atom is 0.237 e. The molecule has 0 fully saturated rings. The summed E-state index contributed by atoms with van der Waals surface area (Å²) in [5.74, 6) is 0.935. The van der Waals surface area contributed by atoms with Crippen LogP contribution in [0.4, 0.5) is 5.82 Å². The quantitative estimate of drug-likeness (QED) is 0.808. The molecule has 0 saturated heterocycles. The molecule has 1 amide bonds. The summed E-state index contributed by atoms with van der Waals surface area (Å²) in [4.78, 5) is 18.2. The molecule has 1 aromatic rings. The number of rotatable bonds is 6. The molecule has 2 unspecified atom stereocenters. The third-order valence-corrected chi connectivity index (χ3v) is 3.30. The van der Waals surface area contributed by atoms with Gasteiger partial charge in [-0.1, -0.05) is 26.3 Å². The van der Waals surface area contributed by atoms with Crippen LogP contribution >= 0.6 is 0 Å². The Hall–Kier alpha value is -1.62. The van der Waals surface area contributed by atoms with Gasteiger partial charge in [-0.2, -0.15) is 0 Å². The fraction of sp³-hybridized carbons (Fsp3) is 0.571. The van der Waals surface area contributed by atoms with Crippen molar-refractivity contribution >= 4 is 11.7 Å². The van der Waals surface area contributed by atoms with Crippen molar-refractivity contribution in [3.8, 4) is 0 Å². The largest absolute Gasteiger partial charge is 0.362 e. The third-order valence-electron chi connectivity index (χ3n) is 3.30. The minimum absolute atomic E-state index is 0.108. The zero-order valence-electron chi connectivity index (χ0n) is 12.2. The Morgan fingerprint density at radius 2 is 2.21 bits per heavy atom. The maximum absolute atomic E-state index is 11.9. The second-order valence-electron chi connectivity index (χ2n) is 5.01. The van der Waals surface area contributed by atoms with Crippen LogP contribution in [0.1, 0.15) is 25.8 Å². The van der Waals surface area contributed by atoms with E-state index in [4.69, 9.17) is 5.73 Å². The minimum atomic E-state index is -0.454. The van der Waals surface area contributed by atoms with Crippen LogP contribution in [-0.4, -0.2) is 31.0 Å². The van der Waals surface area contributed by atoms with Crippen LogP contribution in [0.5, 0.6) is 0 Å². The number of carbonyl (C=O) groups is 1. The lowest BCUT2D eigenvalue weighted by atomic mass is 9.99. The van der Waals surface area contributed by atoms with Crippen LogP contribution < -0.4 is 16.0 Å². The van der Waals surface area contributed by atoms with Crippen LogP contribution in [-0.2, 0) is 11.3 Å². The van der Waals surface area contributed by atoms with E-state index in [1.165, 1.54) is 0 Å². The van der Waals surface area contributed by atoms with Crippen molar-refractivity contribution in [2.45, 2.75) is 32.9 Å². The molecule has 0 saturated carbocycles. The fourth-order valence-electron chi connectivity index (χ4n) is 1.78. The molecule has 0 radical (unpaired) electrons. The molecule has 2 atom stereocenters. The molecule has 106 valence electrons. The van der Waals surface area contributed by atoms with E-state index in [1.807, 2.05) is 45.0 Å². The average molecular weight is 264 g/mol. The number of aromatic nitrogens is 1. The van der Waals surface area contributed by atoms with Crippen molar-refractivity contribution < 1.29 is 4.79 Å². The molecule has 1 rings (SSSR count). The summed E-state index contributed by atoms with van der Waals surface area (Å²) in [6.07, 6.45) is 2.63. The van der Waals surface area contributed by atoms with Gasteiger partial charge in [-0.05, 0) is 12.0 Å². The zero-order chi connectivity index (χ0) is 14.4.